The van der Waals surface area contributed by atoms with E-state index >= 15 is 0 Å². The summed E-state index contributed by atoms with van der Waals surface area (Å²) in [5, 5.41) is 8.54. The number of hydrogen-bond donors (Lipinski definition) is 0. The van der Waals surface area contributed by atoms with Gasteiger partial charge in [0, 0.05) is 6.20 Å². The Balaban J connectivity index is 1.69. The van der Waals surface area contributed by atoms with Crippen molar-refractivity contribution in [2.24, 2.45) is 0 Å². The molecule has 3 heterocycles. The second-order valence-corrected chi connectivity index (χ2v) is 5.66. The molecule has 0 bridgehead atoms. The summed E-state index contributed by atoms with van der Waals surface area (Å²) < 4.78 is 21.9. The molecule has 9 nitrogen and oxygen atoms in total. The molecule has 0 aliphatic heterocycles. The number of esters is 1. The first kappa shape index (κ1) is 16.6. The van der Waals surface area contributed by atoms with E-state index in [4.69, 9.17) is 0 Å². The predicted molar refractivity (Wildman–Crippen MR) is 92.0 cm³/mol. The molecule has 10 heteroatoms. The molecule has 0 N–H and O–H groups in total. The van der Waals surface area contributed by atoms with Crippen molar-refractivity contribution >= 4 is 17.0 Å². The minimum Gasteiger partial charge on any atom is -0.464 e. The number of methoxy groups -OCH3 is 1. The van der Waals surface area contributed by atoms with Crippen LogP contribution in [0, 0.1) is 5.82 Å². The second kappa shape index (κ2) is 6.48. The lowest BCUT2D eigenvalue weighted by Crippen LogP contribution is -2.24. The minimum absolute atomic E-state index is 0.0699. The van der Waals surface area contributed by atoms with Crippen LogP contribution in [-0.4, -0.2) is 42.2 Å². The molecule has 0 fully saturated rings. The van der Waals surface area contributed by atoms with Crippen LogP contribution in [0.2, 0.25) is 0 Å². The number of benzene rings is 1. The number of hydrogen-bond acceptors (Lipinski definition) is 6. The van der Waals surface area contributed by atoms with E-state index in [2.05, 4.69) is 19.9 Å². The Bertz CT molecular complexity index is 1190. The molecule has 136 valence electrons. The average molecular weight is 368 g/mol. The van der Waals surface area contributed by atoms with Crippen molar-refractivity contribution in [1.29, 1.82) is 0 Å². The van der Waals surface area contributed by atoms with E-state index in [1.807, 2.05) is 0 Å². The van der Waals surface area contributed by atoms with Gasteiger partial charge in [-0.2, -0.15) is 10.2 Å². The Kier molecular flexibility index (Phi) is 3.99. The maximum absolute atomic E-state index is 13.1. The fourth-order valence-electron chi connectivity index (χ4n) is 2.63. The number of halogens is 1. The number of fused-ring (bicyclic) bond motifs is 1. The normalized spacial score (nSPS) is 11.0. The minimum atomic E-state index is -0.560. The molecule has 0 saturated carbocycles. The molecule has 0 radical (unpaired) electrons. The van der Waals surface area contributed by atoms with Crippen molar-refractivity contribution in [1.82, 2.24) is 29.1 Å². The molecule has 1 aromatic carbocycles. The van der Waals surface area contributed by atoms with Crippen molar-refractivity contribution < 1.29 is 13.9 Å². The van der Waals surface area contributed by atoms with Gasteiger partial charge in [0.25, 0.3) is 5.56 Å². The van der Waals surface area contributed by atoms with E-state index < -0.39 is 5.97 Å². The van der Waals surface area contributed by atoms with E-state index in [1.54, 1.807) is 18.3 Å². The number of ether oxygens (including phenoxy) is 1. The highest BCUT2D eigenvalue weighted by Crippen LogP contribution is 2.14. The van der Waals surface area contributed by atoms with Gasteiger partial charge in [-0.3, -0.25) is 14.0 Å². The summed E-state index contributed by atoms with van der Waals surface area (Å²) in [4.78, 5) is 28.5. The second-order valence-electron chi connectivity index (χ2n) is 5.66. The molecule has 0 saturated heterocycles. The average Bonchev–Trinajstić information content (AvgIpc) is 3.31. The fraction of sp³-hybridized carbons (Fsp3) is 0.118. The van der Waals surface area contributed by atoms with Crippen LogP contribution in [0.4, 0.5) is 4.39 Å². The number of nitrogens with zero attached hydrogens (tertiary/aromatic N) is 6. The molecular weight excluding hydrogens is 355 g/mol. The first-order valence-electron chi connectivity index (χ1n) is 7.87. The Hall–Kier alpha value is -3.82. The summed E-state index contributed by atoms with van der Waals surface area (Å²) in [5.74, 6) is -0.925. The van der Waals surface area contributed by atoms with Crippen molar-refractivity contribution in [3.8, 4) is 5.69 Å². The Labute approximate surface area is 151 Å². The molecule has 0 atom stereocenters. The van der Waals surface area contributed by atoms with Crippen molar-refractivity contribution in [3.05, 3.63) is 70.9 Å². The zero-order chi connectivity index (χ0) is 19.0. The maximum atomic E-state index is 13.1. The van der Waals surface area contributed by atoms with Crippen LogP contribution >= 0.6 is 0 Å². The quantitative estimate of drug-likeness (QED) is 0.502. The first-order valence-corrected chi connectivity index (χ1v) is 7.87. The summed E-state index contributed by atoms with van der Waals surface area (Å²) in [6.07, 6.45) is 4.34. The van der Waals surface area contributed by atoms with Gasteiger partial charge in [0.1, 0.15) is 24.2 Å². The van der Waals surface area contributed by atoms with Crippen molar-refractivity contribution in [2.75, 3.05) is 7.11 Å². The number of carbonyl (C=O) groups is 1. The molecule has 0 amide bonds. The molecule has 0 unspecified atom stereocenters. The van der Waals surface area contributed by atoms with Crippen LogP contribution < -0.4 is 5.56 Å². The van der Waals surface area contributed by atoms with Crippen molar-refractivity contribution in [2.45, 2.75) is 6.67 Å². The van der Waals surface area contributed by atoms with Crippen LogP contribution in [0.15, 0.2) is 53.8 Å². The molecule has 0 spiro atoms. The highest BCUT2D eigenvalue weighted by Gasteiger charge is 2.13. The highest BCUT2D eigenvalue weighted by molar-refractivity contribution is 5.86. The van der Waals surface area contributed by atoms with E-state index in [0.717, 1.165) is 0 Å². The molecule has 4 aromatic rings. The number of rotatable bonds is 4. The van der Waals surface area contributed by atoms with Crippen LogP contribution in [0.1, 0.15) is 10.5 Å². The summed E-state index contributed by atoms with van der Waals surface area (Å²) >= 11 is 0. The van der Waals surface area contributed by atoms with Gasteiger partial charge in [0.2, 0.25) is 0 Å². The third-order valence-corrected chi connectivity index (χ3v) is 3.96. The zero-order valence-corrected chi connectivity index (χ0v) is 14.1. The lowest BCUT2D eigenvalue weighted by atomic mass is 10.3. The summed E-state index contributed by atoms with van der Waals surface area (Å²) in [7, 11) is 1.27. The molecule has 27 heavy (non-hydrogen) atoms. The lowest BCUT2D eigenvalue weighted by Gasteiger charge is -2.06. The summed E-state index contributed by atoms with van der Waals surface area (Å²) in [6, 6.07) is 7.21. The van der Waals surface area contributed by atoms with Gasteiger partial charge in [0.15, 0.2) is 11.3 Å². The smallest absolute Gasteiger partial charge is 0.358 e. The predicted octanol–water partition coefficient (Wildman–Crippen LogP) is 1.21. The third-order valence-electron chi connectivity index (χ3n) is 3.96. The third kappa shape index (κ3) is 2.97. The molecule has 3 aromatic heterocycles. The number of aromatic nitrogens is 6. The molecule has 4 rings (SSSR count). The summed E-state index contributed by atoms with van der Waals surface area (Å²) in [6.45, 7) is 0.0699. The summed E-state index contributed by atoms with van der Waals surface area (Å²) in [5.41, 5.74) is 0.775. The Morgan fingerprint density at radius 1 is 1.22 bits per heavy atom. The van der Waals surface area contributed by atoms with E-state index in [1.165, 1.54) is 51.8 Å². The van der Waals surface area contributed by atoms with Gasteiger partial charge in [-0.25, -0.2) is 18.9 Å². The van der Waals surface area contributed by atoms with E-state index in [0.29, 0.717) is 16.7 Å². The van der Waals surface area contributed by atoms with E-state index in [-0.39, 0.29) is 23.7 Å². The Morgan fingerprint density at radius 3 is 2.74 bits per heavy atom. The van der Waals surface area contributed by atoms with Gasteiger partial charge in [-0.05, 0) is 30.3 Å². The Morgan fingerprint density at radius 2 is 2.00 bits per heavy atom. The van der Waals surface area contributed by atoms with E-state index in [9.17, 15) is 14.0 Å². The van der Waals surface area contributed by atoms with Crippen LogP contribution in [0.25, 0.3) is 16.7 Å². The van der Waals surface area contributed by atoms with Gasteiger partial charge in [-0.15, -0.1) is 0 Å². The van der Waals surface area contributed by atoms with Gasteiger partial charge in [0.05, 0.1) is 19.0 Å². The van der Waals surface area contributed by atoms with Gasteiger partial charge in [-0.1, -0.05) is 0 Å². The standard InChI is InChI=1S/C17H13FN6O3/c1-27-17(26)14-6-7-23(21-14)10-22-9-19-15-13(16(22)25)8-20-24(15)12-4-2-11(18)3-5-12/h2-9H,10H2,1H3. The zero-order valence-electron chi connectivity index (χ0n) is 14.1. The highest BCUT2D eigenvalue weighted by atomic mass is 19.1. The SMILES string of the molecule is COC(=O)c1ccn(Cn2cnc3c(cnn3-c3ccc(F)cc3)c2=O)n1. The van der Waals surface area contributed by atoms with Crippen LogP contribution in [-0.2, 0) is 11.4 Å². The van der Waals surface area contributed by atoms with Gasteiger partial charge >= 0.3 is 5.97 Å². The largest absolute Gasteiger partial charge is 0.464 e. The van der Waals surface area contributed by atoms with Crippen LogP contribution in [0.5, 0.6) is 0 Å². The first-order chi connectivity index (χ1) is 13.1. The lowest BCUT2D eigenvalue weighted by molar-refractivity contribution is 0.0593. The maximum Gasteiger partial charge on any atom is 0.358 e. The fourth-order valence-corrected chi connectivity index (χ4v) is 2.63. The monoisotopic (exact) mass is 368 g/mol. The molecule has 0 aliphatic carbocycles. The van der Waals surface area contributed by atoms with Crippen molar-refractivity contribution in [3.63, 3.8) is 0 Å². The molecular formula is C17H13FN6O3. The van der Waals surface area contributed by atoms with Gasteiger partial charge < -0.3 is 4.74 Å². The molecule has 0 aliphatic rings. The van der Waals surface area contributed by atoms with Crippen LogP contribution in [0.3, 0.4) is 0 Å². The number of carbonyl (C=O) groups excluding carboxylic acids is 1. The topological polar surface area (TPSA) is 96.8 Å².